The van der Waals surface area contributed by atoms with Gasteiger partial charge in [0.2, 0.25) is 0 Å². The molecule has 4 nitrogen and oxygen atoms in total. The fourth-order valence-corrected chi connectivity index (χ4v) is 5.32. The quantitative estimate of drug-likeness (QED) is 0.849. The Kier molecular flexibility index (Phi) is 3.50. The van der Waals surface area contributed by atoms with Crippen molar-refractivity contribution >= 4 is 5.82 Å². The fraction of sp³-hybridized carbons (Fsp3) is 0.429. The van der Waals surface area contributed by atoms with E-state index in [2.05, 4.69) is 57.3 Å². The van der Waals surface area contributed by atoms with Crippen LogP contribution in [-0.4, -0.2) is 41.6 Å². The van der Waals surface area contributed by atoms with Crippen molar-refractivity contribution in [2.24, 2.45) is 5.92 Å². The van der Waals surface area contributed by atoms with Crippen molar-refractivity contribution in [2.75, 3.05) is 24.5 Å². The Labute approximate surface area is 148 Å². The second kappa shape index (κ2) is 5.86. The minimum absolute atomic E-state index is 0.512. The predicted molar refractivity (Wildman–Crippen MR) is 97.4 cm³/mol. The molecule has 2 bridgehead atoms. The van der Waals surface area contributed by atoms with E-state index < -0.39 is 0 Å². The highest BCUT2D eigenvalue weighted by Gasteiger charge is 2.53. The zero-order valence-corrected chi connectivity index (χ0v) is 14.3. The first-order chi connectivity index (χ1) is 12.3. The average Bonchev–Trinajstić information content (AvgIpc) is 3.12. The van der Waals surface area contributed by atoms with Gasteiger partial charge in [0.25, 0.3) is 0 Å². The molecule has 0 aliphatic carbocycles. The lowest BCUT2D eigenvalue weighted by Crippen LogP contribution is -2.60. The molecule has 126 valence electrons. The molecule has 4 aliphatic heterocycles. The molecule has 0 amide bonds. The summed E-state index contributed by atoms with van der Waals surface area (Å²) in [6.07, 6.45) is 2.58. The van der Waals surface area contributed by atoms with E-state index >= 15 is 0 Å². The first-order valence-corrected chi connectivity index (χ1v) is 9.28. The lowest BCUT2D eigenvalue weighted by Gasteiger charge is -2.51. The number of hydrogen-bond donors (Lipinski definition) is 0. The molecule has 2 aromatic rings. The Morgan fingerprint density at radius 1 is 0.960 bits per heavy atom. The molecular weight excluding hydrogens is 308 g/mol. The van der Waals surface area contributed by atoms with Gasteiger partial charge in [-0.2, -0.15) is 5.26 Å². The minimum atomic E-state index is 0.512. The Balaban J connectivity index is 1.57. The number of nitrogens with zero attached hydrogens (tertiary/aromatic N) is 4. The van der Waals surface area contributed by atoms with Crippen LogP contribution in [0, 0.1) is 17.2 Å². The topological polar surface area (TPSA) is 43.2 Å². The number of fused-ring (bicyclic) bond motifs is 2. The van der Waals surface area contributed by atoms with Gasteiger partial charge >= 0.3 is 0 Å². The summed E-state index contributed by atoms with van der Waals surface area (Å²) < 4.78 is 0. The van der Waals surface area contributed by atoms with E-state index in [0.29, 0.717) is 23.7 Å². The van der Waals surface area contributed by atoms with Crippen LogP contribution in [0.15, 0.2) is 48.5 Å². The summed E-state index contributed by atoms with van der Waals surface area (Å²) in [5, 5.41) is 9.23. The van der Waals surface area contributed by atoms with E-state index in [-0.39, 0.29) is 0 Å². The van der Waals surface area contributed by atoms with Gasteiger partial charge in [0.15, 0.2) is 0 Å². The van der Waals surface area contributed by atoms with Gasteiger partial charge in [0, 0.05) is 24.5 Å². The number of pyridine rings is 1. The average molecular weight is 330 g/mol. The molecule has 4 heteroatoms. The molecule has 0 spiro atoms. The second-order valence-electron chi connectivity index (χ2n) is 7.52. The number of anilines is 1. The van der Waals surface area contributed by atoms with Crippen LogP contribution in [0.1, 0.15) is 30.0 Å². The van der Waals surface area contributed by atoms with Crippen LogP contribution in [0.25, 0.3) is 0 Å². The summed E-state index contributed by atoms with van der Waals surface area (Å²) in [4.78, 5) is 9.83. The summed E-state index contributed by atoms with van der Waals surface area (Å²) in [7, 11) is 0. The monoisotopic (exact) mass is 330 g/mol. The standard InChI is InChI=1S/C21H22N4/c22-13-17-7-4-8-19(23-17)25-14-18(15-5-2-1-3-6-15)21-20(25)16-9-11-24(21)12-10-16/h1-8,16,18,20-21H,9-12,14H2/t18-,20+,21+/m0/s1. The van der Waals surface area contributed by atoms with Gasteiger partial charge < -0.3 is 4.90 Å². The maximum atomic E-state index is 9.23. The van der Waals surface area contributed by atoms with E-state index in [4.69, 9.17) is 0 Å². The van der Waals surface area contributed by atoms with Crippen LogP contribution in [0.5, 0.6) is 0 Å². The maximum absolute atomic E-state index is 9.23. The first-order valence-electron chi connectivity index (χ1n) is 9.28. The molecule has 0 N–H and O–H groups in total. The number of nitriles is 1. The van der Waals surface area contributed by atoms with Crippen molar-refractivity contribution in [2.45, 2.75) is 30.8 Å². The van der Waals surface area contributed by atoms with Crippen molar-refractivity contribution in [1.82, 2.24) is 9.88 Å². The second-order valence-corrected chi connectivity index (χ2v) is 7.52. The van der Waals surface area contributed by atoms with Gasteiger partial charge in [0.1, 0.15) is 17.6 Å². The highest BCUT2D eigenvalue weighted by Crippen LogP contribution is 2.47. The Hall–Kier alpha value is -2.38. The molecule has 6 rings (SSSR count). The van der Waals surface area contributed by atoms with Crippen LogP contribution in [0.3, 0.4) is 0 Å². The van der Waals surface area contributed by atoms with Gasteiger partial charge in [0.05, 0.1) is 0 Å². The van der Waals surface area contributed by atoms with Gasteiger partial charge in [-0.25, -0.2) is 4.98 Å². The molecule has 0 unspecified atom stereocenters. The molecule has 1 aromatic heterocycles. The molecule has 4 aliphatic rings. The molecule has 3 atom stereocenters. The predicted octanol–water partition coefficient (Wildman–Crippen LogP) is 3.02. The fourth-order valence-electron chi connectivity index (χ4n) is 5.32. The Bertz CT molecular complexity index is 804. The molecule has 0 saturated carbocycles. The third-order valence-corrected chi connectivity index (χ3v) is 6.37. The highest BCUT2D eigenvalue weighted by atomic mass is 15.3. The number of hydrogen-bond acceptors (Lipinski definition) is 4. The van der Waals surface area contributed by atoms with Crippen molar-refractivity contribution in [3.05, 3.63) is 59.8 Å². The van der Waals surface area contributed by atoms with E-state index in [0.717, 1.165) is 18.3 Å². The molecule has 25 heavy (non-hydrogen) atoms. The summed E-state index contributed by atoms with van der Waals surface area (Å²) in [5.74, 6) is 2.24. The van der Waals surface area contributed by atoms with Crippen LogP contribution in [0.2, 0.25) is 0 Å². The van der Waals surface area contributed by atoms with E-state index in [9.17, 15) is 5.26 Å². The Morgan fingerprint density at radius 3 is 2.52 bits per heavy atom. The van der Waals surface area contributed by atoms with Crippen molar-refractivity contribution < 1.29 is 0 Å². The first kappa shape index (κ1) is 14.9. The third-order valence-electron chi connectivity index (χ3n) is 6.37. The summed E-state index contributed by atoms with van der Waals surface area (Å²) in [5.41, 5.74) is 1.95. The molecule has 5 heterocycles. The number of rotatable bonds is 2. The van der Waals surface area contributed by atoms with Crippen molar-refractivity contribution in [3.63, 3.8) is 0 Å². The normalized spacial score (nSPS) is 33.1. The maximum Gasteiger partial charge on any atom is 0.142 e. The molecular formula is C21H22N4. The van der Waals surface area contributed by atoms with Crippen LogP contribution in [0.4, 0.5) is 5.82 Å². The zero-order valence-electron chi connectivity index (χ0n) is 14.3. The molecule has 4 saturated heterocycles. The van der Waals surface area contributed by atoms with Crippen LogP contribution < -0.4 is 4.90 Å². The van der Waals surface area contributed by atoms with Crippen LogP contribution in [-0.2, 0) is 0 Å². The van der Waals surface area contributed by atoms with Gasteiger partial charge in [-0.3, -0.25) is 4.90 Å². The van der Waals surface area contributed by atoms with E-state index in [1.807, 2.05) is 6.07 Å². The number of piperidine rings is 3. The SMILES string of the molecule is N#Cc1cccc(N2C[C@@H](c3ccccc3)[C@@H]3[C@H]2C2CCN3CC2)n1. The van der Waals surface area contributed by atoms with Crippen LogP contribution >= 0.6 is 0 Å². The van der Waals surface area contributed by atoms with Gasteiger partial charge in [-0.15, -0.1) is 0 Å². The summed E-state index contributed by atoms with van der Waals surface area (Å²) in [6, 6.07) is 20.1. The lowest BCUT2D eigenvalue weighted by molar-refractivity contribution is 0.0354. The minimum Gasteiger partial charge on any atom is -0.351 e. The number of aromatic nitrogens is 1. The van der Waals surface area contributed by atoms with E-state index in [1.165, 1.54) is 31.5 Å². The molecule has 1 aromatic carbocycles. The van der Waals surface area contributed by atoms with Gasteiger partial charge in [-0.1, -0.05) is 36.4 Å². The van der Waals surface area contributed by atoms with E-state index in [1.54, 1.807) is 6.07 Å². The Morgan fingerprint density at radius 2 is 1.76 bits per heavy atom. The molecule has 4 fully saturated rings. The smallest absolute Gasteiger partial charge is 0.142 e. The van der Waals surface area contributed by atoms with Crippen molar-refractivity contribution in [3.8, 4) is 6.07 Å². The highest BCUT2D eigenvalue weighted by molar-refractivity contribution is 5.48. The largest absolute Gasteiger partial charge is 0.351 e. The molecule has 0 radical (unpaired) electrons. The zero-order chi connectivity index (χ0) is 16.8. The van der Waals surface area contributed by atoms with Crippen molar-refractivity contribution in [1.29, 1.82) is 5.26 Å². The summed E-state index contributed by atoms with van der Waals surface area (Å²) >= 11 is 0. The third kappa shape index (κ3) is 2.34. The lowest BCUT2D eigenvalue weighted by atomic mass is 9.75. The van der Waals surface area contributed by atoms with Gasteiger partial charge in [-0.05, 0) is 49.5 Å². The number of benzene rings is 1. The summed E-state index contributed by atoms with van der Waals surface area (Å²) in [6.45, 7) is 3.46.